The highest BCUT2D eigenvalue weighted by Crippen LogP contribution is 2.29. The van der Waals surface area contributed by atoms with Crippen LogP contribution in [0.4, 0.5) is 5.69 Å². The maximum atomic E-state index is 12.8. The van der Waals surface area contributed by atoms with Crippen LogP contribution in [0.3, 0.4) is 0 Å². The molecule has 118 valence electrons. The zero-order chi connectivity index (χ0) is 16.4. The van der Waals surface area contributed by atoms with E-state index in [9.17, 15) is 8.42 Å². The van der Waals surface area contributed by atoms with Gasteiger partial charge >= 0.3 is 0 Å². The maximum absolute atomic E-state index is 12.8. The third-order valence-corrected chi connectivity index (χ3v) is 5.64. The van der Waals surface area contributed by atoms with Gasteiger partial charge < -0.3 is 0 Å². The number of sulfonamides is 1. The number of fused-ring (bicyclic) bond motifs is 1. The van der Waals surface area contributed by atoms with Gasteiger partial charge in [-0.15, -0.1) is 11.8 Å². The van der Waals surface area contributed by atoms with Crippen molar-refractivity contribution < 1.29 is 8.42 Å². The standard InChI is InChI=1S/C17H16N2O2S2/c1-12-10-13-6-5-9-16(17(13)18-11-12)23(20,21)19-14-7-3-4-8-15(14)22-2/h3-11,19H,1-2H3. The monoisotopic (exact) mass is 344 g/mol. The molecule has 0 atom stereocenters. The summed E-state index contributed by atoms with van der Waals surface area (Å²) in [4.78, 5) is 5.37. The van der Waals surface area contributed by atoms with Gasteiger partial charge in [0.1, 0.15) is 4.90 Å². The molecule has 0 spiro atoms. The molecule has 23 heavy (non-hydrogen) atoms. The van der Waals surface area contributed by atoms with Crippen LogP contribution in [0.15, 0.2) is 64.5 Å². The van der Waals surface area contributed by atoms with Crippen LogP contribution in [-0.2, 0) is 10.0 Å². The number of nitrogens with zero attached hydrogens (tertiary/aromatic N) is 1. The summed E-state index contributed by atoms with van der Waals surface area (Å²) in [6.45, 7) is 1.93. The van der Waals surface area contributed by atoms with Gasteiger partial charge in [0, 0.05) is 16.5 Å². The first-order valence-corrected chi connectivity index (χ1v) is 9.73. The molecular weight excluding hydrogens is 328 g/mol. The third-order valence-electron chi connectivity index (χ3n) is 3.45. The van der Waals surface area contributed by atoms with Gasteiger partial charge in [0.05, 0.1) is 11.2 Å². The van der Waals surface area contributed by atoms with E-state index in [0.717, 1.165) is 15.8 Å². The summed E-state index contributed by atoms with van der Waals surface area (Å²) in [6.07, 6.45) is 3.59. The van der Waals surface area contributed by atoms with Gasteiger partial charge in [-0.05, 0) is 43.0 Å². The Hall–Kier alpha value is -2.05. The molecule has 2 aromatic carbocycles. The Balaban J connectivity index is 2.10. The lowest BCUT2D eigenvalue weighted by Crippen LogP contribution is -2.14. The summed E-state index contributed by atoms with van der Waals surface area (Å²) in [6, 6.07) is 14.4. The lowest BCUT2D eigenvalue weighted by atomic mass is 10.2. The number of para-hydroxylation sites is 2. The SMILES string of the molecule is CSc1ccccc1NS(=O)(=O)c1cccc2cc(C)cnc12. The summed E-state index contributed by atoms with van der Waals surface area (Å²) >= 11 is 1.49. The van der Waals surface area contributed by atoms with Crippen molar-refractivity contribution >= 4 is 38.4 Å². The van der Waals surface area contributed by atoms with Gasteiger partial charge in [-0.25, -0.2) is 8.42 Å². The van der Waals surface area contributed by atoms with Crippen molar-refractivity contribution in [3.8, 4) is 0 Å². The van der Waals surface area contributed by atoms with Crippen LogP contribution in [0.5, 0.6) is 0 Å². The van der Waals surface area contributed by atoms with Crippen molar-refractivity contribution in [3.63, 3.8) is 0 Å². The van der Waals surface area contributed by atoms with Crippen LogP contribution < -0.4 is 4.72 Å². The number of nitrogens with one attached hydrogen (secondary N) is 1. The highest BCUT2D eigenvalue weighted by atomic mass is 32.2. The first-order chi connectivity index (χ1) is 11.0. The second-order valence-electron chi connectivity index (χ2n) is 5.15. The molecule has 3 rings (SSSR count). The van der Waals surface area contributed by atoms with Gasteiger partial charge in [-0.2, -0.15) is 0 Å². The predicted molar refractivity (Wildman–Crippen MR) is 95.5 cm³/mol. The highest BCUT2D eigenvalue weighted by Gasteiger charge is 2.19. The number of benzene rings is 2. The fraction of sp³-hybridized carbons (Fsp3) is 0.118. The van der Waals surface area contributed by atoms with E-state index in [1.807, 2.05) is 43.5 Å². The molecule has 0 aliphatic heterocycles. The lowest BCUT2D eigenvalue weighted by molar-refractivity contribution is 0.602. The van der Waals surface area contributed by atoms with Gasteiger partial charge in [-0.3, -0.25) is 9.71 Å². The van der Waals surface area contributed by atoms with Gasteiger partial charge in [0.15, 0.2) is 0 Å². The number of anilines is 1. The van der Waals surface area contributed by atoms with Crippen molar-refractivity contribution in [3.05, 3.63) is 60.3 Å². The van der Waals surface area contributed by atoms with E-state index in [2.05, 4.69) is 9.71 Å². The average molecular weight is 344 g/mol. The molecule has 0 aliphatic carbocycles. The summed E-state index contributed by atoms with van der Waals surface area (Å²) < 4.78 is 28.3. The fourth-order valence-electron chi connectivity index (χ4n) is 2.39. The molecule has 0 unspecified atom stereocenters. The van der Waals surface area contributed by atoms with Gasteiger partial charge in [-0.1, -0.05) is 24.3 Å². The Kier molecular flexibility index (Phi) is 4.28. The Labute approximate surface area is 140 Å². The van der Waals surface area contributed by atoms with E-state index in [1.54, 1.807) is 24.4 Å². The Morgan fingerprint density at radius 3 is 2.65 bits per heavy atom. The van der Waals surface area contributed by atoms with Crippen molar-refractivity contribution in [1.29, 1.82) is 0 Å². The Morgan fingerprint density at radius 1 is 1.09 bits per heavy atom. The van der Waals surface area contributed by atoms with Crippen LogP contribution in [-0.4, -0.2) is 19.7 Å². The van der Waals surface area contributed by atoms with Gasteiger partial charge in [0.25, 0.3) is 10.0 Å². The minimum Gasteiger partial charge on any atom is -0.278 e. The molecule has 4 nitrogen and oxygen atoms in total. The number of rotatable bonds is 4. The summed E-state index contributed by atoms with van der Waals surface area (Å²) in [5.41, 5.74) is 2.05. The third kappa shape index (κ3) is 3.18. The second-order valence-corrected chi connectivity index (χ2v) is 7.65. The number of thioether (sulfide) groups is 1. The highest BCUT2D eigenvalue weighted by molar-refractivity contribution is 7.99. The minimum absolute atomic E-state index is 0.186. The average Bonchev–Trinajstić information content (AvgIpc) is 2.54. The van der Waals surface area contributed by atoms with E-state index >= 15 is 0 Å². The van der Waals surface area contributed by atoms with E-state index in [-0.39, 0.29) is 4.90 Å². The molecule has 0 saturated carbocycles. The summed E-state index contributed by atoms with van der Waals surface area (Å²) in [7, 11) is -3.71. The number of aryl methyl sites for hydroxylation is 1. The van der Waals surface area contributed by atoms with Crippen LogP contribution in [0.1, 0.15) is 5.56 Å². The molecule has 0 aliphatic rings. The zero-order valence-electron chi connectivity index (χ0n) is 12.8. The zero-order valence-corrected chi connectivity index (χ0v) is 14.4. The number of hydrogen-bond acceptors (Lipinski definition) is 4. The Bertz CT molecular complexity index is 969. The molecular formula is C17H16N2O2S2. The van der Waals surface area contributed by atoms with Crippen molar-refractivity contribution in [2.75, 3.05) is 11.0 Å². The van der Waals surface area contributed by atoms with Crippen molar-refractivity contribution in [2.24, 2.45) is 0 Å². The van der Waals surface area contributed by atoms with Crippen molar-refractivity contribution in [2.45, 2.75) is 16.7 Å². The van der Waals surface area contributed by atoms with E-state index < -0.39 is 10.0 Å². The molecule has 1 N–H and O–H groups in total. The van der Waals surface area contributed by atoms with E-state index in [1.165, 1.54) is 11.8 Å². The lowest BCUT2D eigenvalue weighted by Gasteiger charge is -2.12. The molecule has 0 saturated heterocycles. The molecule has 6 heteroatoms. The van der Waals surface area contributed by atoms with Crippen LogP contribution in [0, 0.1) is 6.92 Å². The molecule has 0 amide bonds. The van der Waals surface area contributed by atoms with Gasteiger partial charge in [0.2, 0.25) is 0 Å². The fourth-order valence-corrected chi connectivity index (χ4v) is 4.27. The molecule has 3 aromatic rings. The quantitative estimate of drug-likeness (QED) is 0.725. The molecule has 0 fully saturated rings. The first-order valence-electron chi connectivity index (χ1n) is 7.02. The largest absolute Gasteiger partial charge is 0.278 e. The van der Waals surface area contributed by atoms with E-state index in [4.69, 9.17) is 0 Å². The predicted octanol–water partition coefficient (Wildman–Crippen LogP) is 4.07. The number of pyridine rings is 1. The van der Waals surface area contributed by atoms with Crippen LogP contribution >= 0.6 is 11.8 Å². The topological polar surface area (TPSA) is 59.1 Å². The maximum Gasteiger partial charge on any atom is 0.264 e. The first kappa shape index (κ1) is 15.8. The summed E-state index contributed by atoms with van der Waals surface area (Å²) in [5.74, 6) is 0. The second kappa shape index (κ2) is 6.22. The number of aromatic nitrogens is 1. The minimum atomic E-state index is -3.71. The normalized spacial score (nSPS) is 11.6. The molecule has 0 radical (unpaired) electrons. The van der Waals surface area contributed by atoms with Crippen LogP contribution in [0.25, 0.3) is 10.9 Å². The number of hydrogen-bond donors (Lipinski definition) is 1. The molecule has 0 bridgehead atoms. The Morgan fingerprint density at radius 2 is 1.87 bits per heavy atom. The van der Waals surface area contributed by atoms with Crippen LogP contribution in [0.2, 0.25) is 0 Å². The van der Waals surface area contributed by atoms with Crippen molar-refractivity contribution in [1.82, 2.24) is 4.98 Å². The molecule has 1 heterocycles. The molecule has 1 aromatic heterocycles. The smallest absolute Gasteiger partial charge is 0.264 e. The van der Waals surface area contributed by atoms with E-state index in [0.29, 0.717) is 11.2 Å². The summed E-state index contributed by atoms with van der Waals surface area (Å²) in [5, 5.41) is 0.811.